The Morgan fingerprint density at radius 3 is 1.64 bits per heavy atom. The molecule has 0 unspecified atom stereocenters. The summed E-state index contributed by atoms with van der Waals surface area (Å²) in [7, 11) is 0. The Labute approximate surface area is 371 Å². The standard InChI is InChI=1S/C61H40N2O/c1-3-16-42(17-4-1)61(43-18-5-2-6-19-43)53-27-10-7-22-52(53)58-54(61)28-15-30-56(58)63(44-36-32-40(33-37-44)46-23-13-25-50-48-20-8-11-29-55(48)62-59(46)50)45-38-34-41(35-39-45)47-24-14-26-51-49-21-9-12-31-57(49)64-60(47)51/h1-39,62H. The summed E-state index contributed by atoms with van der Waals surface area (Å²) in [6, 6.07) is 86.0. The van der Waals surface area contributed by atoms with Gasteiger partial charge >= 0.3 is 0 Å². The molecule has 3 heteroatoms. The summed E-state index contributed by atoms with van der Waals surface area (Å²) >= 11 is 0. The lowest BCUT2D eigenvalue weighted by Gasteiger charge is -2.34. The quantitative estimate of drug-likeness (QED) is 0.174. The van der Waals surface area contributed by atoms with Crippen LogP contribution in [0.15, 0.2) is 241 Å². The molecule has 0 amide bonds. The predicted octanol–water partition coefficient (Wildman–Crippen LogP) is 16.4. The molecule has 0 atom stereocenters. The number of fused-ring (bicyclic) bond motifs is 9. The van der Waals surface area contributed by atoms with Crippen LogP contribution in [0.5, 0.6) is 0 Å². The minimum atomic E-state index is -0.520. The van der Waals surface area contributed by atoms with Crippen LogP contribution in [-0.2, 0) is 5.41 Å². The van der Waals surface area contributed by atoms with Gasteiger partial charge in [0.1, 0.15) is 11.2 Å². The fourth-order valence-corrected chi connectivity index (χ4v) is 10.8. The van der Waals surface area contributed by atoms with Gasteiger partial charge in [-0.3, -0.25) is 0 Å². The van der Waals surface area contributed by atoms with Crippen molar-refractivity contribution >= 4 is 60.8 Å². The van der Waals surface area contributed by atoms with Gasteiger partial charge in [-0.15, -0.1) is 0 Å². The molecule has 0 bridgehead atoms. The highest BCUT2D eigenvalue weighted by Crippen LogP contribution is 2.59. The number of aromatic nitrogens is 1. The van der Waals surface area contributed by atoms with Gasteiger partial charge in [-0.05, 0) is 81.4 Å². The number of aromatic amines is 1. The number of H-pyrrole nitrogens is 1. The van der Waals surface area contributed by atoms with Crippen LogP contribution >= 0.6 is 0 Å². The molecule has 10 aromatic carbocycles. The molecule has 0 radical (unpaired) electrons. The number of furan rings is 1. The normalized spacial score (nSPS) is 12.8. The van der Waals surface area contributed by atoms with Crippen molar-refractivity contribution in [2.24, 2.45) is 0 Å². The van der Waals surface area contributed by atoms with Crippen molar-refractivity contribution in [3.8, 4) is 33.4 Å². The number of rotatable bonds is 7. The molecule has 2 heterocycles. The van der Waals surface area contributed by atoms with Crippen LogP contribution in [0, 0.1) is 0 Å². The van der Waals surface area contributed by atoms with Crippen LogP contribution in [0.1, 0.15) is 22.3 Å². The smallest absolute Gasteiger partial charge is 0.143 e. The van der Waals surface area contributed by atoms with E-state index in [0.717, 1.165) is 66.7 Å². The average Bonchev–Trinajstić information content (AvgIpc) is 4.04. The topological polar surface area (TPSA) is 32.2 Å². The van der Waals surface area contributed by atoms with E-state index in [4.69, 9.17) is 4.42 Å². The first kappa shape index (κ1) is 36.3. The molecule has 1 aliphatic rings. The van der Waals surface area contributed by atoms with E-state index in [0.29, 0.717) is 0 Å². The van der Waals surface area contributed by atoms with Crippen molar-refractivity contribution in [1.29, 1.82) is 0 Å². The summed E-state index contributed by atoms with van der Waals surface area (Å²) in [5.74, 6) is 0. The maximum atomic E-state index is 6.51. The largest absolute Gasteiger partial charge is 0.455 e. The van der Waals surface area contributed by atoms with Gasteiger partial charge < -0.3 is 14.3 Å². The summed E-state index contributed by atoms with van der Waals surface area (Å²) in [4.78, 5) is 6.17. The molecule has 64 heavy (non-hydrogen) atoms. The SMILES string of the molecule is c1ccc(C2(c3ccccc3)c3ccccc3-c3c(N(c4ccc(-c5cccc6c5[nH]c5ccccc56)cc4)c4ccc(-c5cccc6c5oc5ccccc56)cc4)cccc32)cc1. The van der Waals surface area contributed by atoms with E-state index in [9.17, 15) is 0 Å². The van der Waals surface area contributed by atoms with Gasteiger partial charge in [-0.25, -0.2) is 0 Å². The molecular formula is C61H40N2O. The van der Waals surface area contributed by atoms with Gasteiger partial charge in [0.25, 0.3) is 0 Å². The van der Waals surface area contributed by atoms with E-state index in [1.54, 1.807) is 0 Å². The molecule has 0 aliphatic heterocycles. The van der Waals surface area contributed by atoms with Gasteiger partial charge in [0.2, 0.25) is 0 Å². The van der Waals surface area contributed by atoms with E-state index in [2.05, 4.69) is 234 Å². The maximum absolute atomic E-state index is 6.51. The Morgan fingerprint density at radius 1 is 0.375 bits per heavy atom. The Morgan fingerprint density at radius 2 is 0.906 bits per heavy atom. The van der Waals surface area contributed by atoms with Crippen molar-refractivity contribution in [1.82, 2.24) is 4.98 Å². The maximum Gasteiger partial charge on any atom is 0.143 e. The van der Waals surface area contributed by atoms with Crippen molar-refractivity contribution < 1.29 is 4.42 Å². The number of nitrogens with one attached hydrogen (secondary N) is 1. The second-order valence-corrected chi connectivity index (χ2v) is 16.8. The first-order valence-electron chi connectivity index (χ1n) is 22.0. The first-order chi connectivity index (χ1) is 31.8. The van der Waals surface area contributed by atoms with Crippen LogP contribution in [0.4, 0.5) is 17.1 Å². The van der Waals surface area contributed by atoms with Gasteiger partial charge in [-0.1, -0.05) is 194 Å². The van der Waals surface area contributed by atoms with Crippen LogP contribution in [0.25, 0.3) is 77.1 Å². The van der Waals surface area contributed by atoms with Gasteiger partial charge in [0.15, 0.2) is 0 Å². The van der Waals surface area contributed by atoms with E-state index < -0.39 is 5.41 Å². The zero-order valence-electron chi connectivity index (χ0n) is 34.9. The summed E-state index contributed by atoms with van der Waals surface area (Å²) < 4.78 is 6.51. The third-order valence-electron chi connectivity index (χ3n) is 13.5. The monoisotopic (exact) mass is 816 g/mol. The summed E-state index contributed by atoms with van der Waals surface area (Å²) in [5, 5.41) is 4.73. The first-order valence-corrected chi connectivity index (χ1v) is 22.0. The lowest BCUT2D eigenvalue weighted by atomic mass is 9.68. The summed E-state index contributed by atoms with van der Waals surface area (Å²) in [5.41, 5.74) is 18.9. The highest BCUT2D eigenvalue weighted by molar-refractivity contribution is 6.12. The second-order valence-electron chi connectivity index (χ2n) is 16.8. The minimum Gasteiger partial charge on any atom is -0.455 e. The molecule has 0 fully saturated rings. The van der Waals surface area contributed by atoms with Crippen LogP contribution < -0.4 is 4.90 Å². The van der Waals surface area contributed by atoms with Crippen LogP contribution in [-0.4, -0.2) is 4.98 Å². The number of para-hydroxylation sites is 4. The number of hydrogen-bond acceptors (Lipinski definition) is 2. The zero-order valence-corrected chi connectivity index (χ0v) is 34.9. The van der Waals surface area contributed by atoms with Crippen molar-refractivity contribution in [3.63, 3.8) is 0 Å². The van der Waals surface area contributed by atoms with Crippen molar-refractivity contribution in [3.05, 3.63) is 259 Å². The van der Waals surface area contributed by atoms with Crippen LogP contribution in [0.3, 0.4) is 0 Å². The van der Waals surface area contributed by atoms with Gasteiger partial charge in [0.05, 0.1) is 16.6 Å². The van der Waals surface area contributed by atoms with Gasteiger partial charge in [-0.2, -0.15) is 0 Å². The van der Waals surface area contributed by atoms with E-state index in [1.807, 2.05) is 12.1 Å². The minimum absolute atomic E-state index is 0.520. The van der Waals surface area contributed by atoms with E-state index in [1.165, 1.54) is 49.7 Å². The molecule has 1 N–H and O–H groups in total. The lowest BCUT2D eigenvalue weighted by Crippen LogP contribution is -2.28. The molecular weight excluding hydrogens is 777 g/mol. The lowest BCUT2D eigenvalue weighted by molar-refractivity contribution is 0.670. The average molecular weight is 817 g/mol. The molecule has 0 saturated heterocycles. The fraction of sp³-hybridized carbons (Fsp3) is 0.0164. The zero-order chi connectivity index (χ0) is 42.2. The molecule has 0 saturated carbocycles. The third-order valence-corrected chi connectivity index (χ3v) is 13.5. The Bertz CT molecular complexity index is 3520. The number of anilines is 3. The van der Waals surface area contributed by atoms with Crippen molar-refractivity contribution in [2.75, 3.05) is 4.90 Å². The summed E-state index contributed by atoms with van der Waals surface area (Å²) in [6.07, 6.45) is 0. The Balaban J connectivity index is 1.02. The highest BCUT2D eigenvalue weighted by Gasteiger charge is 2.47. The number of hydrogen-bond donors (Lipinski definition) is 1. The van der Waals surface area contributed by atoms with Crippen molar-refractivity contribution in [2.45, 2.75) is 5.41 Å². The fourth-order valence-electron chi connectivity index (χ4n) is 10.8. The second kappa shape index (κ2) is 14.3. The highest BCUT2D eigenvalue weighted by atomic mass is 16.3. The summed E-state index contributed by atoms with van der Waals surface area (Å²) in [6.45, 7) is 0. The molecule has 2 aromatic heterocycles. The molecule has 0 spiro atoms. The van der Waals surface area contributed by atoms with E-state index >= 15 is 0 Å². The van der Waals surface area contributed by atoms with Crippen LogP contribution in [0.2, 0.25) is 0 Å². The number of nitrogens with zero attached hydrogens (tertiary/aromatic N) is 1. The molecule has 12 aromatic rings. The third kappa shape index (κ3) is 5.34. The number of benzene rings is 10. The molecule has 3 nitrogen and oxygen atoms in total. The molecule has 13 rings (SSSR count). The van der Waals surface area contributed by atoms with Gasteiger partial charge in [0, 0.05) is 55.1 Å². The van der Waals surface area contributed by atoms with E-state index in [-0.39, 0.29) is 0 Å². The predicted molar refractivity (Wildman–Crippen MR) is 266 cm³/mol. The Kier molecular flexibility index (Phi) is 8.13. The molecule has 1 aliphatic carbocycles. The Hall–Kier alpha value is -8.40. The molecule has 300 valence electrons.